The molecule has 0 unspecified atom stereocenters. The number of hydrogen-bond acceptors (Lipinski definition) is 4. The molecule has 0 bridgehead atoms. The molecule has 2 heterocycles. The van der Waals surface area contributed by atoms with Crippen molar-refractivity contribution in [2.24, 2.45) is 0 Å². The molecule has 0 spiro atoms. The van der Waals surface area contributed by atoms with Crippen LogP contribution in [0.25, 0.3) is 0 Å². The Bertz CT molecular complexity index is 653. The van der Waals surface area contributed by atoms with Gasteiger partial charge in [0.15, 0.2) is 0 Å². The molecular weight excluding hydrogens is 374 g/mol. The number of nitrogens with zero attached hydrogens (tertiary/aromatic N) is 3. The van der Waals surface area contributed by atoms with Crippen LogP contribution in [0.5, 0.6) is 0 Å². The van der Waals surface area contributed by atoms with E-state index in [-0.39, 0.29) is 5.91 Å². The molecule has 0 aromatic heterocycles. The highest BCUT2D eigenvalue weighted by molar-refractivity contribution is 5.78. The van der Waals surface area contributed by atoms with Crippen molar-refractivity contribution in [3.8, 4) is 0 Å². The summed E-state index contributed by atoms with van der Waals surface area (Å²) < 4.78 is 0. The predicted molar refractivity (Wildman–Crippen MR) is 123 cm³/mol. The number of piperazine rings is 1. The molecule has 30 heavy (non-hydrogen) atoms. The molecule has 2 aliphatic heterocycles. The van der Waals surface area contributed by atoms with Crippen molar-refractivity contribution in [1.82, 2.24) is 14.7 Å². The number of aliphatic hydroxyl groups is 1. The molecular formula is C25H41N3O2. The Morgan fingerprint density at radius 3 is 2.07 bits per heavy atom. The zero-order valence-electron chi connectivity index (χ0n) is 19.3. The fourth-order valence-electron chi connectivity index (χ4n) is 5.04. The summed E-state index contributed by atoms with van der Waals surface area (Å²) >= 11 is 0. The molecule has 5 heteroatoms. The fraction of sp³-hybridized carbons (Fsp3) is 0.720. The van der Waals surface area contributed by atoms with Crippen LogP contribution in [0.4, 0.5) is 0 Å². The maximum absolute atomic E-state index is 12.9. The number of rotatable bonds is 8. The first-order valence-electron chi connectivity index (χ1n) is 12.0. The largest absolute Gasteiger partial charge is 0.385 e. The van der Waals surface area contributed by atoms with Gasteiger partial charge in [-0.15, -0.1) is 0 Å². The maximum Gasteiger partial charge on any atom is 0.236 e. The van der Waals surface area contributed by atoms with Crippen LogP contribution in [0.3, 0.4) is 0 Å². The lowest BCUT2D eigenvalue weighted by Gasteiger charge is -2.41. The topological polar surface area (TPSA) is 47.0 Å². The molecule has 0 atom stereocenters. The van der Waals surface area contributed by atoms with E-state index in [0.29, 0.717) is 25.4 Å². The first-order valence-corrected chi connectivity index (χ1v) is 12.0. The zero-order chi connectivity index (χ0) is 21.6. The third kappa shape index (κ3) is 5.83. The second kappa shape index (κ2) is 10.7. The van der Waals surface area contributed by atoms with Gasteiger partial charge in [-0.05, 0) is 38.2 Å². The smallest absolute Gasteiger partial charge is 0.236 e. The van der Waals surface area contributed by atoms with E-state index in [0.717, 1.165) is 44.8 Å². The number of likely N-dealkylation sites (tertiary alicyclic amines) is 1. The van der Waals surface area contributed by atoms with E-state index in [4.69, 9.17) is 0 Å². The summed E-state index contributed by atoms with van der Waals surface area (Å²) in [5, 5.41) is 11.1. The van der Waals surface area contributed by atoms with Gasteiger partial charge in [0, 0.05) is 45.3 Å². The molecule has 0 aliphatic carbocycles. The van der Waals surface area contributed by atoms with Gasteiger partial charge in [-0.3, -0.25) is 14.6 Å². The summed E-state index contributed by atoms with van der Waals surface area (Å²) in [5.74, 6) is 0.248. The second-order valence-corrected chi connectivity index (χ2v) is 9.32. The Labute approximate surface area is 183 Å². The van der Waals surface area contributed by atoms with Crippen LogP contribution >= 0.6 is 0 Å². The number of amides is 1. The fourth-order valence-corrected chi connectivity index (χ4v) is 5.04. The molecule has 5 nitrogen and oxygen atoms in total. The third-order valence-corrected chi connectivity index (χ3v) is 7.06. The number of carbonyl (C=O) groups is 1. The monoisotopic (exact) mass is 415 g/mol. The SMILES string of the molecule is CCCC(CCC)N1CCN(C(=O)CN2CCC(O)(c3ccc(C)cc3)CC2)CC1. The minimum absolute atomic E-state index is 0.248. The zero-order valence-corrected chi connectivity index (χ0v) is 19.3. The highest BCUT2D eigenvalue weighted by Crippen LogP contribution is 2.32. The van der Waals surface area contributed by atoms with Crippen molar-refractivity contribution in [2.75, 3.05) is 45.8 Å². The minimum Gasteiger partial charge on any atom is -0.385 e. The van der Waals surface area contributed by atoms with E-state index in [1.165, 1.54) is 31.2 Å². The van der Waals surface area contributed by atoms with E-state index in [1.807, 2.05) is 17.0 Å². The highest BCUT2D eigenvalue weighted by Gasteiger charge is 2.35. The minimum atomic E-state index is -0.757. The number of aryl methyl sites for hydroxylation is 1. The molecule has 1 aromatic carbocycles. The number of carbonyl (C=O) groups excluding carboxylic acids is 1. The summed E-state index contributed by atoms with van der Waals surface area (Å²) in [6.07, 6.45) is 6.36. The van der Waals surface area contributed by atoms with Gasteiger partial charge in [0.1, 0.15) is 0 Å². The number of piperidine rings is 1. The first kappa shape index (κ1) is 23.2. The van der Waals surface area contributed by atoms with Gasteiger partial charge in [0.2, 0.25) is 5.91 Å². The summed E-state index contributed by atoms with van der Waals surface area (Å²) in [6.45, 7) is 12.3. The lowest BCUT2D eigenvalue weighted by Crippen LogP contribution is -2.54. The van der Waals surface area contributed by atoms with Crippen LogP contribution < -0.4 is 0 Å². The van der Waals surface area contributed by atoms with Gasteiger partial charge >= 0.3 is 0 Å². The Morgan fingerprint density at radius 1 is 0.967 bits per heavy atom. The van der Waals surface area contributed by atoms with Crippen molar-refractivity contribution in [3.63, 3.8) is 0 Å². The maximum atomic E-state index is 12.9. The molecule has 2 aliphatic rings. The molecule has 2 fully saturated rings. The van der Waals surface area contributed by atoms with E-state index < -0.39 is 5.60 Å². The molecule has 1 aromatic rings. The van der Waals surface area contributed by atoms with E-state index >= 15 is 0 Å². The van der Waals surface area contributed by atoms with Crippen LogP contribution in [0.1, 0.15) is 63.5 Å². The Hall–Kier alpha value is -1.43. The van der Waals surface area contributed by atoms with Crippen LogP contribution in [0, 0.1) is 6.92 Å². The Balaban J connectivity index is 1.44. The molecule has 2 saturated heterocycles. The standard InChI is InChI=1S/C25H41N3O2/c1-4-6-23(7-5-2)27-16-18-28(19-17-27)24(29)20-26-14-12-25(30,13-15-26)22-10-8-21(3)9-11-22/h8-11,23,30H,4-7,12-20H2,1-3H3. The van der Waals surface area contributed by atoms with Crippen LogP contribution in [0.2, 0.25) is 0 Å². The van der Waals surface area contributed by atoms with Gasteiger partial charge in [0.25, 0.3) is 0 Å². The quantitative estimate of drug-likeness (QED) is 0.707. The average Bonchev–Trinajstić information content (AvgIpc) is 2.76. The van der Waals surface area contributed by atoms with Gasteiger partial charge in [-0.1, -0.05) is 56.5 Å². The van der Waals surface area contributed by atoms with Crippen LogP contribution in [-0.2, 0) is 10.4 Å². The molecule has 1 N–H and O–H groups in total. The summed E-state index contributed by atoms with van der Waals surface area (Å²) in [6, 6.07) is 8.89. The predicted octanol–water partition coefficient (Wildman–Crippen LogP) is 3.39. The Kier molecular flexibility index (Phi) is 8.32. The number of hydrogen-bond donors (Lipinski definition) is 1. The van der Waals surface area contributed by atoms with Crippen molar-refractivity contribution in [1.29, 1.82) is 0 Å². The summed E-state index contributed by atoms with van der Waals surface area (Å²) in [4.78, 5) is 19.7. The van der Waals surface area contributed by atoms with Gasteiger partial charge in [0.05, 0.1) is 12.1 Å². The van der Waals surface area contributed by atoms with Gasteiger partial charge in [-0.2, -0.15) is 0 Å². The van der Waals surface area contributed by atoms with Crippen molar-refractivity contribution >= 4 is 5.91 Å². The molecule has 0 radical (unpaired) electrons. The van der Waals surface area contributed by atoms with Crippen LogP contribution in [-0.4, -0.2) is 77.6 Å². The first-order chi connectivity index (χ1) is 14.4. The highest BCUT2D eigenvalue weighted by atomic mass is 16.3. The normalized spacial score (nSPS) is 20.6. The van der Waals surface area contributed by atoms with E-state index in [2.05, 4.69) is 42.7 Å². The van der Waals surface area contributed by atoms with Gasteiger partial charge < -0.3 is 10.0 Å². The lowest BCUT2D eigenvalue weighted by atomic mass is 9.84. The van der Waals surface area contributed by atoms with Crippen molar-refractivity contribution in [3.05, 3.63) is 35.4 Å². The van der Waals surface area contributed by atoms with Crippen molar-refractivity contribution in [2.45, 2.75) is 70.9 Å². The average molecular weight is 416 g/mol. The second-order valence-electron chi connectivity index (χ2n) is 9.32. The third-order valence-electron chi connectivity index (χ3n) is 7.06. The summed E-state index contributed by atoms with van der Waals surface area (Å²) in [7, 11) is 0. The van der Waals surface area contributed by atoms with Gasteiger partial charge in [-0.25, -0.2) is 0 Å². The lowest BCUT2D eigenvalue weighted by molar-refractivity contribution is -0.135. The molecule has 0 saturated carbocycles. The van der Waals surface area contributed by atoms with Crippen molar-refractivity contribution < 1.29 is 9.90 Å². The Morgan fingerprint density at radius 2 is 1.53 bits per heavy atom. The van der Waals surface area contributed by atoms with E-state index in [9.17, 15) is 9.90 Å². The molecule has 1 amide bonds. The molecule has 168 valence electrons. The summed E-state index contributed by atoms with van der Waals surface area (Å²) in [5.41, 5.74) is 1.46. The van der Waals surface area contributed by atoms with E-state index in [1.54, 1.807) is 0 Å². The number of benzene rings is 1. The molecule has 3 rings (SSSR count). The van der Waals surface area contributed by atoms with Crippen LogP contribution in [0.15, 0.2) is 24.3 Å².